The number of benzene rings is 1. The Morgan fingerprint density at radius 2 is 1.66 bits per heavy atom. The highest BCUT2D eigenvalue weighted by Gasteiger charge is 2.32. The number of thiophene rings is 1. The fraction of sp³-hybridized carbons (Fsp3) is 0.444. The minimum Gasteiger partial charge on any atom is -0.507 e. The van der Waals surface area contributed by atoms with Gasteiger partial charge in [0.05, 0.1) is 11.4 Å². The van der Waals surface area contributed by atoms with Gasteiger partial charge < -0.3 is 19.6 Å². The Morgan fingerprint density at radius 1 is 0.957 bits per heavy atom. The standard InChI is InChI=1S/C36H40N6O4S/c1-20(2)32(35(44)45)31-17-28(41-46-31)23-10-8-22(9-11-23)25-18-37-36(38-19-25)42-14-12-24(13-15-42)33-21(3)27-16-29(39-40-34(27)47-33)26-6-4-5-7-30(26)43/h4-7,16-20,22-24,32,43H,8-15H2,1-3H3,(H,44,45). The molecule has 0 bridgehead atoms. The van der Waals surface area contributed by atoms with E-state index in [4.69, 9.17) is 14.5 Å². The van der Waals surface area contributed by atoms with E-state index in [0.29, 0.717) is 28.9 Å². The fourth-order valence-electron chi connectivity index (χ4n) is 7.40. The number of phenolic OH excluding ortho intramolecular Hbond substituents is 1. The quantitative estimate of drug-likeness (QED) is 0.171. The third-order valence-corrected chi connectivity index (χ3v) is 11.5. The number of nitrogens with zero attached hydrogens (tertiary/aromatic N) is 6. The summed E-state index contributed by atoms with van der Waals surface area (Å²) in [5, 5.41) is 34.2. The Bertz CT molecular complexity index is 1870. The summed E-state index contributed by atoms with van der Waals surface area (Å²) in [5.41, 5.74) is 4.69. The normalized spacial score (nSPS) is 19.8. The second-order valence-electron chi connectivity index (χ2n) is 13.4. The summed E-state index contributed by atoms with van der Waals surface area (Å²) >= 11 is 1.74. The number of piperidine rings is 1. The molecular weight excluding hydrogens is 613 g/mol. The lowest BCUT2D eigenvalue weighted by Gasteiger charge is -2.32. The first-order valence-corrected chi connectivity index (χ1v) is 17.4. The molecule has 1 aliphatic heterocycles. The van der Waals surface area contributed by atoms with E-state index in [9.17, 15) is 15.0 Å². The Balaban J connectivity index is 0.950. The number of fused-ring (bicyclic) bond motifs is 1. The van der Waals surface area contributed by atoms with Crippen molar-refractivity contribution in [3.05, 3.63) is 76.3 Å². The predicted molar refractivity (Wildman–Crippen MR) is 181 cm³/mol. The number of anilines is 1. The van der Waals surface area contributed by atoms with E-state index in [1.54, 1.807) is 17.4 Å². The molecule has 244 valence electrons. The highest BCUT2D eigenvalue weighted by Crippen LogP contribution is 2.42. The second-order valence-corrected chi connectivity index (χ2v) is 14.4. The Labute approximate surface area is 277 Å². The van der Waals surface area contributed by atoms with Gasteiger partial charge in [-0.3, -0.25) is 4.79 Å². The minimum absolute atomic E-state index is 0.0637. The molecule has 2 aliphatic rings. The third-order valence-electron chi connectivity index (χ3n) is 10.1. The van der Waals surface area contributed by atoms with Crippen LogP contribution >= 0.6 is 11.3 Å². The highest BCUT2D eigenvalue weighted by molar-refractivity contribution is 7.18. The van der Waals surface area contributed by atoms with E-state index in [-0.39, 0.29) is 17.6 Å². The van der Waals surface area contributed by atoms with Gasteiger partial charge in [-0.2, -0.15) is 0 Å². The van der Waals surface area contributed by atoms with Crippen molar-refractivity contribution in [1.82, 2.24) is 25.3 Å². The van der Waals surface area contributed by atoms with Gasteiger partial charge in [0.25, 0.3) is 0 Å². The summed E-state index contributed by atoms with van der Waals surface area (Å²) in [6.45, 7) is 7.76. The van der Waals surface area contributed by atoms with Crippen LogP contribution in [-0.2, 0) is 4.79 Å². The van der Waals surface area contributed by atoms with Crippen LogP contribution in [0.2, 0.25) is 0 Å². The maximum Gasteiger partial charge on any atom is 0.314 e. The summed E-state index contributed by atoms with van der Waals surface area (Å²) < 4.78 is 5.49. The number of rotatable bonds is 8. The lowest BCUT2D eigenvalue weighted by atomic mass is 9.78. The van der Waals surface area contributed by atoms with Crippen molar-refractivity contribution in [3.8, 4) is 17.0 Å². The number of carboxylic acid groups (broad SMARTS) is 1. The molecule has 1 atom stereocenters. The molecule has 2 fully saturated rings. The smallest absolute Gasteiger partial charge is 0.314 e. The molecular formula is C36H40N6O4S. The van der Waals surface area contributed by atoms with Crippen molar-refractivity contribution in [2.75, 3.05) is 18.0 Å². The van der Waals surface area contributed by atoms with Crippen LogP contribution in [0.15, 0.2) is 53.3 Å². The van der Waals surface area contributed by atoms with E-state index in [1.807, 2.05) is 50.5 Å². The predicted octanol–water partition coefficient (Wildman–Crippen LogP) is 7.80. The first-order valence-electron chi connectivity index (χ1n) is 16.6. The van der Waals surface area contributed by atoms with Gasteiger partial charge in [0.1, 0.15) is 16.5 Å². The third kappa shape index (κ3) is 6.20. The zero-order valence-electron chi connectivity index (χ0n) is 27.0. The van der Waals surface area contributed by atoms with E-state index in [1.165, 1.54) is 16.0 Å². The summed E-state index contributed by atoms with van der Waals surface area (Å²) in [7, 11) is 0. The Hall–Kier alpha value is -4.38. The van der Waals surface area contributed by atoms with Gasteiger partial charge in [-0.25, -0.2) is 9.97 Å². The number of aliphatic carboxylic acids is 1. The molecule has 5 heterocycles. The Morgan fingerprint density at radius 3 is 2.34 bits per heavy atom. The van der Waals surface area contributed by atoms with Crippen molar-refractivity contribution in [2.24, 2.45) is 5.92 Å². The molecule has 10 nitrogen and oxygen atoms in total. The molecule has 0 radical (unpaired) electrons. The van der Waals surface area contributed by atoms with E-state index < -0.39 is 11.9 Å². The van der Waals surface area contributed by atoms with Gasteiger partial charge in [-0.15, -0.1) is 21.5 Å². The molecule has 1 saturated heterocycles. The number of phenols is 1. The summed E-state index contributed by atoms with van der Waals surface area (Å²) in [6.07, 6.45) is 10.0. The molecule has 7 rings (SSSR count). The van der Waals surface area contributed by atoms with Gasteiger partial charge in [0, 0.05) is 53.3 Å². The van der Waals surface area contributed by atoms with Crippen molar-refractivity contribution in [3.63, 3.8) is 0 Å². The molecule has 1 aliphatic carbocycles. The lowest BCUT2D eigenvalue weighted by molar-refractivity contribution is -0.140. The van der Waals surface area contributed by atoms with Crippen LogP contribution in [0.1, 0.15) is 104 Å². The van der Waals surface area contributed by atoms with Crippen LogP contribution in [0.25, 0.3) is 21.5 Å². The van der Waals surface area contributed by atoms with Gasteiger partial charge >= 0.3 is 5.97 Å². The Kier molecular flexibility index (Phi) is 8.65. The molecule has 0 amide bonds. The van der Waals surface area contributed by atoms with E-state index in [0.717, 1.165) is 73.5 Å². The van der Waals surface area contributed by atoms with Crippen molar-refractivity contribution >= 4 is 33.5 Å². The molecule has 1 saturated carbocycles. The average Bonchev–Trinajstić information content (AvgIpc) is 3.69. The minimum atomic E-state index is -0.873. The zero-order valence-corrected chi connectivity index (χ0v) is 27.8. The topological polar surface area (TPSA) is 138 Å². The van der Waals surface area contributed by atoms with Crippen LogP contribution < -0.4 is 4.90 Å². The van der Waals surface area contributed by atoms with Gasteiger partial charge in [0.15, 0.2) is 5.76 Å². The molecule has 1 aromatic carbocycles. The molecule has 2 N–H and O–H groups in total. The van der Waals surface area contributed by atoms with Crippen LogP contribution in [0.5, 0.6) is 5.75 Å². The van der Waals surface area contributed by atoms with Crippen molar-refractivity contribution in [2.45, 2.75) is 83.0 Å². The monoisotopic (exact) mass is 652 g/mol. The SMILES string of the molecule is Cc1c(C2CCN(c3ncc(C4CCC(c5cc(C(C(=O)O)C(C)C)on5)CC4)cn3)CC2)sc2nnc(-c3ccccc3O)cc12. The molecule has 0 spiro atoms. The van der Waals surface area contributed by atoms with Gasteiger partial charge in [-0.05, 0) is 92.5 Å². The summed E-state index contributed by atoms with van der Waals surface area (Å²) in [4.78, 5) is 25.9. The number of aryl methyl sites for hydroxylation is 1. The van der Waals surface area contributed by atoms with Gasteiger partial charge in [-0.1, -0.05) is 31.1 Å². The number of hydrogen-bond acceptors (Lipinski definition) is 10. The lowest BCUT2D eigenvalue weighted by Crippen LogP contribution is -2.34. The number of carbonyl (C=O) groups is 1. The number of carboxylic acids is 1. The highest BCUT2D eigenvalue weighted by atomic mass is 32.1. The zero-order chi connectivity index (χ0) is 32.7. The van der Waals surface area contributed by atoms with Crippen molar-refractivity contribution in [1.29, 1.82) is 0 Å². The van der Waals surface area contributed by atoms with Crippen LogP contribution in [-0.4, -0.2) is 54.6 Å². The summed E-state index contributed by atoms with van der Waals surface area (Å²) in [6, 6.07) is 11.2. The molecule has 11 heteroatoms. The van der Waals surface area contributed by atoms with E-state index in [2.05, 4.69) is 33.2 Å². The number of aromatic nitrogens is 5. The van der Waals surface area contributed by atoms with Crippen LogP contribution in [0, 0.1) is 12.8 Å². The second kappa shape index (κ2) is 13.0. The number of aromatic hydroxyl groups is 1. The summed E-state index contributed by atoms with van der Waals surface area (Å²) in [5.74, 6) is 0.983. The first-order chi connectivity index (χ1) is 22.8. The number of para-hydroxylation sites is 1. The van der Waals surface area contributed by atoms with Crippen molar-refractivity contribution < 1.29 is 19.5 Å². The maximum atomic E-state index is 11.7. The maximum absolute atomic E-state index is 11.7. The molecule has 4 aromatic heterocycles. The molecule has 47 heavy (non-hydrogen) atoms. The average molecular weight is 653 g/mol. The van der Waals surface area contributed by atoms with Crippen LogP contribution in [0.3, 0.4) is 0 Å². The fourth-order valence-corrected chi connectivity index (χ4v) is 8.67. The number of hydrogen-bond donors (Lipinski definition) is 2. The largest absolute Gasteiger partial charge is 0.507 e. The molecule has 5 aromatic rings. The first kappa shape index (κ1) is 31.2. The van der Waals surface area contributed by atoms with Crippen LogP contribution in [0.4, 0.5) is 5.95 Å². The molecule has 1 unspecified atom stereocenters. The van der Waals surface area contributed by atoms with Gasteiger partial charge in [0.2, 0.25) is 5.95 Å². The van der Waals surface area contributed by atoms with E-state index >= 15 is 0 Å².